The van der Waals surface area contributed by atoms with Gasteiger partial charge in [-0.25, -0.2) is 0 Å². The van der Waals surface area contributed by atoms with E-state index >= 15 is 0 Å². The molecule has 1 spiro atoms. The second-order valence-corrected chi connectivity index (χ2v) is 18.9. The number of ether oxygens (including phenoxy) is 3. The van der Waals surface area contributed by atoms with Crippen molar-refractivity contribution in [2.75, 3.05) is 13.2 Å². The number of rotatable bonds is 5. The first-order chi connectivity index (χ1) is 16.2. The topological polar surface area (TPSA) is 54.0 Å². The standard InChI is InChI=1S/C29H52O5Si/c1-10-21-19-22(34-35(8,9)26(3,4)5)11-14-27(21,6)23-12-15-28(7)24(25(23)33-20(2)30)13-16-29(28)31-17-18-32-29/h21-25H,10-19H2,1-9H3/t21-,22-,23?,24?,25+,27-,28-/m0/s1. The Hall–Kier alpha value is -0.433. The molecule has 0 radical (unpaired) electrons. The van der Waals surface area contributed by atoms with Crippen LogP contribution in [0.25, 0.3) is 0 Å². The molecule has 1 aliphatic heterocycles. The maximum absolute atomic E-state index is 12.4. The Morgan fingerprint density at radius 1 is 1.00 bits per heavy atom. The number of esters is 1. The summed E-state index contributed by atoms with van der Waals surface area (Å²) < 4.78 is 25.8. The molecule has 4 fully saturated rings. The van der Waals surface area contributed by atoms with Crippen molar-refractivity contribution in [1.29, 1.82) is 0 Å². The van der Waals surface area contributed by atoms with E-state index in [1.54, 1.807) is 6.92 Å². The van der Waals surface area contributed by atoms with E-state index in [0.717, 1.165) is 51.4 Å². The lowest BCUT2D eigenvalue weighted by atomic mass is 9.51. The van der Waals surface area contributed by atoms with Gasteiger partial charge in [0, 0.05) is 36.7 Å². The summed E-state index contributed by atoms with van der Waals surface area (Å²) in [5, 5.41) is 0.229. The zero-order valence-electron chi connectivity index (χ0n) is 24.0. The molecule has 4 rings (SSSR count). The summed E-state index contributed by atoms with van der Waals surface area (Å²) in [6.07, 6.45) is 8.90. The lowest BCUT2D eigenvalue weighted by molar-refractivity contribution is -0.252. The molecule has 7 atom stereocenters. The average molecular weight is 509 g/mol. The van der Waals surface area contributed by atoms with Gasteiger partial charge in [-0.2, -0.15) is 0 Å². The van der Waals surface area contributed by atoms with E-state index in [1.807, 2.05) is 0 Å². The Bertz CT molecular complexity index is 784. The summed E-state index contributed by atoms with van der Waals surface area (Å²) in [6.45, 7) is 21.9. The van der Waals surface area contributed by atoms with Crippen LogP contribution in [-0.2, 0) is 23.4 Å². The van der Waals surface area contributed by atoms with Crippen LogP contribution < -0.4 is 0 Å². The van der Waals surface area contributed by atoms with E-state index in [2.05, 4.69) is 54.6 Å². The molecule has 0 N–H and O–H groups in total. The van der Waals surface area contributed by atoms with Crippen molar-refractivity contribution in [2.45, 2.75) is 136 Å². The first kappa shape index (κ1) is 27.6. The van der Waals surface area contributed by atoms with Gasteiger partial charge in [-0.05, 0) is 68.0 Å². The minimum absolute atomic E-state index is 0.0599. The molecule has 35 heavy (non-hydrogen) atoms. The highest BCUT2D eigenvalue weighted by molar-refractivity contribution is 6.74. The second kappa shape index (κ2) is 9.39. The molecular formula is C29H52O5Si. The quantitative estimate of drug-likeness (QED) is 0.293. The predicted molar refractivity (Wildman–Crippen MR) is 142 cm³/mol. The molecule has 4 aliphatic rings. The molecule has 6 heteroatoms. The van der Waals surface area contributed by atoms with Gasteiger partial charge in [-0.15, -0.1) is 0 Å². The van der Waals surface area contributed by atoms with Gasteiger partial charge in [0.2, 0.25) is 0 Å². The SMILES string of the molecule is CC[C@H]1C[C@@H](O[Si](C)(C)C(C)(C)C)CC[C@]1(C)C1CC[C@@]2(C)C(CCC23OCCO3)[C@@H]1OC(C)=O. The molecular weight excluding hydrogens is 456 g/mol. The molecule has 3 saturated carbocycles. The van der Waals surface area contributed by atoms with Crippen molar-refractivity contribution in [2.24, 2.45) is 28.6 Å². The van der Waals surface area contributed by atoms with E-state index in [9.17, 15) is 4.79 Å². The third kappa shape index (κ3) is 4.57. The van der Waals surface area contributed by atoms with Gasteiger partial charge in [0.15, 0.2) is 14.1 Å². The summed E-state index contributed by atoms with van der Waals surface area (Å²) in [5.74, 6) is 0.609. The van der Waals surface area contributed by atoms with Gasteiger partial charge in [0.1, 0.15) is 6.10 Å². The summed E-state index contributed by atoms with van der Waals surface area (Å²) >= 11 is 0. The lowest BCUT2D eigenvalue weighted by Gasteiger charge is -2.57. The number of hydrogen-bond donors (Lipinski definition) is 0. The normalized spacial score (nSPS) is 41.7. The smallest absolute Gasteiger partial charge is 0.302 e. The fourth-order valence-electron chi connectivity index (χ4n) is 8.23. The van der Waals surface area contributed by atoms with Gasteiger partial charge in [-0.1, -0.05) is 48.0 Å². The van der Waals surface area contributed by atoms with Crippen molar-refractivity contribution in [3.05, 3.63) is 0 Å². The Balaban J connectivity index is 1.58. The van der Waals surface area contributed by atoms with Crippen LogP contribution in [0.4, 0.5) is 0 Å². The molecule has 0 aromatic heterocycles. The molecule has 1 heterocycles. The van der Waals surface area contributed by atoms with Crippen molar-refractivity contribution >= 4 is 14.3 Å². The van der Waals surface area contributed by atoms with E-state index in [1.165, 1.54) is 0 Å². The van der Waals surface area contributed by atoms with Crippen LogP contribution in [0.15, 0.2) is 0 Å². The van der Waals surface area contributed by atoms with E-state index < -0.39 is 14.1 Å². The molecule has 2 unspecified atom stereocenters. The molecule has 3 aliphatic carbocycles. The zero-order valence-corrected chi connectivity index (χ0v) is 25.0. The second-order valence-electron chi connectivity index (χ2n) is 14.1. The van der Waals surface area contributed by atoms with E-state index in [-0.39, 0.29) is 27.9 Å². The first-order valence-electron chi connectivity index (χ1n) is 14.3. The summed E-state index contributed by atoms with van der Waals surface area (Å²) in [5.41, 5.74) is 0.0530. The molecule has 0 bridgehead atoms. The summed E-state index contributed by atoms with van der Waals surface area (Å²) in [7, 11) is -1.80. The van der Waals surface area contributed by atoms with Crippen molar-refractivity contribution in [1.82, 2.24) is 0 Å². The Kier molecular flexibility index (Phi) is 7.41. The van der Waals surface area contributed by atoms with Crippen molar-refractivity contribution in [3.63, 3.8) is 0 Å². The van der Waals surface area contributed by atoms with Crippen molar-refractivity contribution in [3.8, 4) is 0 Å². The minimum Gasteiger partial charge on any atom is -0.462 e. The van der Waals surface area contributed by atoms with Gasteiger partial charge < -0.3 is 18.6 Å². The van der Waals surface area contributed by atoms with E-state index in [4.69, 9.17) is 18.6 Å². The Morgan fingerprint density at radius 2 is 1.63 bits per heavy atom. The van der Waals surface area contributed by atoms with Crippen LogP contribution in [0.5, 0.6) is 0 Å². The minimum atomic E-state index is -1.80. The number of fused-ring (bicyclic) bond motifs is 2. The first-order valence-corrected chi connectivity index (χ1v) is 17.2. The zero-order chi connectivity index (χ0) is 25.9. The van der Waals surface area contributed by atoms with E-state index in [0.29, 0.717) is 37.1 Å². The maximum atomic E-state index is 12.4. The predicted octanol–water partition coefficient (Wildman–Crippen LogP) is 7.09. The average Bonchev–Trinajstić information content (AvgIpc) is 3.34. The van der Waals surface area contributed by atoms with Crippen LogP contribution in [0.1, 0.15) is 99.8 Å². The Morgan fingerprint density at radius 3 is 2.20 bits per heavy atom. The highest BCUT2D eigenvalue weighted by Crippen LogP contribution is 2.65. The van der Waals surface area contributed by atoms with Crippen LogP contribution in [0.3, 0.4) is 0 Å². The third-order valence-corrected chi connectivity index (χ3v) is 15.9. The highest BCUT2D eigenvalue weighted by atomic mass is 28.4. The Labute approximate surface area is 215 Å². The molecule has 5 nitrogen and oxygen atoms in total. The fourth-order valence-corrected chi connectivity index (χ4v) is 9.63. The highest BCUT2D eigenvalue weighted by Gasteiger charge is 2.67. The molecule has 0 aromatic rings. The van der Waals surface area contributed by atoms with Crippen molar-refractivity contribution < 1.29 is 23.4 Å². The van der Waals surface area contributed by atoms with Gasteiger partial charge in [0.05, 0.1) is 13.2 Å². The van der Waals surface area contributed by atoms with Crippen LogP contribution in [0.2, 0.25) is 18.1 Å². The lowest BCUT2D eigenvalue weighted by Crippen LogP contribution is -2.58. The number of carbonyl (C=O) groups excluding carboxylic acids is 1. The molecule has 0 aromatic carbocycles. The van der Waals surface area contributed by atoms with Crippen LogP contribution in [-0.4, -0.2) is 45.5 Å². The molecule has 202 valence electrons. The molecule has 0 amide bonds. The molecule has 1 saturated heterocycles. The summed E-state index contributed by atoms with van der Waals surface area (Å²) in [4.78, 5) is 12.4. The van der Waals surface area contributed by atoms with Gasteiger partial charge in [-0.3, -0.25) is 4.79 Å². The van der Waals surface area contributed by atoms with Gasteiger partial charge in [0.25, 0.3) is 0 Å². The maximum Gasteiger partial charge on any atom is 0.302 e. The number of hydrogen-bond acceptors (Lipinski definition) is 5. The van der Waals surface area contributed by atoms with Crippen LogP contribution >= 0.6 is 0 Å². The monoisotopic (exact) mass is 508 g/mol. The number of carbonyl (C=O) groups is 1. The van der Waals surface area contributed by atoms with Gasteiger partial charge >= 0.3 is 5.97 Å². The fraction of sp³-hybridized carbons (Fsp3) is 0.966. The summed E-state index contributed by atoms with van der Waals surface area (Å²) in [6, 6.07) is 0. The largest absolute Gasteiger partial charge is 0.462 e. The third-order valence-electron chi connectivity index (χ3n) is 11.4. The van der Waals surface area contributed by atoms with Crippen LogP contribution in [0, 0.1) is 28.6 Å².